The minimum atomic E-state index is -0.543. The van der Waals surface area contributed by atoms with Gasteiger partial charge >= 0.3 is 5.97 Å². The zero-order valence-corrected chi connectivity index (χ0v) is 6.98. The summed E-state index contributed by atoms with van der Waals surface area (Å²) < 4.78 is 4.45. The molecule has 5 heteroatoms. The van der Waals surface area contributed by atoms with E-state index in [1.165, 1.54) is 7.11 Å². The van der Waals surface area contributed by atoms with Gasteiger partial charge in [0.1, 0.15) is 6.10 Å². The molecule has 2 atom stereocenters. The monoisotopic (exact) mass is 173 g/mol. The van der Waals surface area contributed by atoms with E-state index in [4.69, 9.17) is 9.94 Å². The Bertz CT molecular complexity index is 213. The molecule has 0 fully saturated rings. The molecule has 0 aliphatic carbocycles. The lowest BCUT2D eigenvalue weighted by Gasteiger charge is -2.09. The molecular formula is C7H11NO4. The topological polar surface area (TPSA) is 68.1 Å². The van der Waals surface area contributed by atoms with E-state index in [9.17, 15) is 4.79 Å². The highest BCUT2D eigenvalue weighted by Gasteiger charge is 2.35. The molecule has 0 spiro atoms. The molecule has 0 radical (unpaired) electrons. The Hall–Kier alpha value is -1.10. The molecule has 5 nitrogen and oxygen atoms in total. The Labute approximate surface area is 70.0 Å². The fourth-order valence-corrected chi connectivity index (χ4v) is 1.03. The van der Waals surface area contributed by atoms with Gasteiger partial charge in [-0.15, -0.1) is 0 Å². The van der Waals surface area contributed by atoms with Crippen molar-refractivity contribution in [2.75, 3.05) is 13.7 Å². The average Bonchev–Trinajstić information content (AvgIpc) is 2.45. The van der Waals surface area contributed by atoms with Crippen molar-refractivity contribution in [2.24, 2.45) is 11.1 Å². The summed E-state index contributed by atoms with van der Waals surface area (Å²) in [7, 11) is 1.27. The Kier molecular flexibility index (Phi) is 2.65. The van der Waals surface area contributed by atoms with Gasteiger partial charge in [-0.05, 0) is 6.92 Å². The number of nitrogens with zero attached hydrogens (tertiary/aromatic N) is 1. The molecule has 1 aliphatic rings. The number of carbonyl (C=O) groups excluding carboxylic acids is 1. The lowest BCUT2D eigenvalue weighted by atomic mass is 10.00. The van der Waals surface area contributed by atoms with Crippen LogP contribution in [0.3, 0.4) is 0 Å². The molecule has 0 unspecified atom stereocenters. The number of oxime groups is 1. The summed E-state index contributed by atoms with van der Waals surface area (Å²) in [5.41, 5.74) is 0.160. The highest BCUT2D eigenvalue weighted by atomic mass is 16.6. The smallest absolute Gasteiger partial charge is 0.356 e. The SMILES string of the molecule is COC(=O)C1=NO[C@H](C)[C@H]1CO. The molecule has 12 heavy (non-hydrogen) atoms. The Morgan fingerprint density at radius 2 is 2.50 bits per heavy atom. The summed E-state index contributed by atoms with van der Waals surface area (Å²) in [5.74, 6) is -0.907. The van der Waals surface area contributed by atoms with Crippen LogP contribution in [0.25, 0.3) is 0 Å². The Balaban J connectivity index is 2.71. The highest BCUT2D eigenvalue weighted by molar-refractivity contribution is 6.37. The van der Waals surface area contributed by atoms with Gasteiger partial charge in [-0.1, -0.05) is 5.16 Å². The zero-order valence-electron chi connectivity index (χ0n) is 6.98. The van der Waals surface area contributed by atoms with Crippen molar-refractivity contribution in [2.45, 2.75) is 13.0 Å². The van der Waals surface area contributed by atoms with E-state index in [1.54, 1.807) is 6.92 Å². The van der Waals surface area contributed by atoms with Crippen LogP contribution in [0.5, 0.6) is 0 Å². The third kappa shape index (κ3) is 1.40. The number of hydrogen-bond acceptors (Lipinski definition) is 5. The molecule has 0 aromatic heterocycles. The minimum Gasteiger partial charge on any atom is -0.464 e. The van der Waals surface area contributed by atoms with Gasteiger partial charge in [0, 0.05) is 0 Å². The van der Waals surface area contributed by atoms with Crippen LogP contribution in [0.4, 0.5) is 0 Å². The van der Waals surface area contributed by atoms with Crippen LogP contribution in [0, 0.1) is 5.92 Å². The summed E-state index contributed by atoms with van der Waals surface area (Å²) in [6.45, 7) is 1.58. The van der Waals surface area contributed by atoms with Crippen molar-refractivity contribution in [3.8, 4) is 0 Å². The van der Waals surface area contributed by atoms with Crippen LogP contribution in [0.15, 0.2) is 5.16 Å². The van der Waals surface area contributed by atoms with Crippen molar-refractivity contribution >= 4 is 11.7 Å². The zero-order chi connectivity index (χ0) is 9.14. The maximum atomic E-state index is 11.0. The van der Waals surface area contributed by atoms with Crippen LogP contribution < -0.4 is 0 Å². The van der Waals surface area contributed by atoms with Crippen LogP contribution in [-0.4, -0.2) is 36.6 Å². The molecule has 1 rings (SSSR count). The summed E-state index contributed by atoms with van der Waals surface area (Å²) in [4.78, 5) is 15.8. The maximum absolute atomic E-state index is 11.0. The van der Waals surface area contributed by atoms with E-state index in [2.05, 4.69) is 9.89 Å². The fourth-order valence-electron chi connectivity index (χ4n) is 1.03. The van der Waals surface area contributed by atoms with Crippen molar-refractivity contribution < 1.29 is 19.5 Å². The van der Waals surface area contributed by atoms with Crippen LogP contribution in [0.2, 0.25) is 0 Å². The van der Waals surface area contributed by atoms with Crippen molar-refractivity contribution in [1.82, 2.24) is 0 Å². The van der Waals surface area contributed by atoms with Crippen molar-refractivity contribution in [1.29, 1.82) is 0 Å². The summed E-state index contributed by atoms with van der Waals surface area (Å²) in [6, 6.07) is 0. The molecule has 0 saturated heterocycles. The van der Waals surface area contributed by atoms with Gasteiger partial charge < -0.3 is 14.7 Å². The lowest BCUT2D eigenvalue weighted by molar-refractivity contribution is -0.133. The molecule has 1 N–H and O–H groups in total. The van der Waals surface area contributed by atoms with Crippen LogP contribution >= 0.6 is 0 Å². The van der Waals surface area contributed by atoms with Gasteiger partial charge in [0.05, 0.1) is 19.6 Å². The maximum Gasteiger partial charge on any atom is 0.356 e. The largest absolute Gasteiger partial charge is 0.464 e. The number of ether oxygens (including phenoxy) is 1. The molecule has 0 amide bonds. The summed E-state index contributed by atoms with van der Waals surface area (Å²) in [5, 5.41) is 12.4. The lowest BCUT2D eigenvalue weighted by Crippen LogP contribution is -2.30. The van der Waals surface area contributed by atoms with Gasteiger partial charge in [0.2, 0.25) is 0 Å². The molecule has 0 bridgehead atoms. The molecule has 0 aromatic rings. The van der Waals surface area contributed by atoms with Gasteiger partial charge in [-0.2, -0.15) is 0 Å². The second kappa shape index (κ2) is 3.53. The number of hydrogen-bond donors (Lipinski definition) is 1. The number of carbonyl (C=O) groups is 1. The van der Waals surface area contributed by atoms with Gasteiger partial charge in [0.15, 0.2) is 5.71 Å². The van der Waals surface area contributed by atoms with E-state index < -0.39 is 5.97 Å². The predicted octanol–water partition coefficient (Wildman–Crippen LogP) is -0.457. The number of aliphatic hydroxyl groups excluding tert-OH is 1. The standard InChI is InChI=1S/C7H11NO4/c1-4-5(3-9)6(8-12-4)7(10)11-2/h4-5,9H,3H2,1-2H3/t4-,5-/m1/s1. The second-order valence-corrected chi connectivity index (χ2v) is 2.57. The molecular weight excluding hydrogens is 162 g/mol. The van der Waals surface area contributed by atoms with Gasteiger partial charge in [-0.25, -0.2) is 4.79 Å². The predicted molar refractivity (Wildman–Crippen MR) is 40.6 cm³/mol. The van der Waals surface area contributed by atoms with Gasteiger partial charge in [-0.3, -0.25) is 0 Å². The van der Waals surface area contributed by atoms with Crippen LogP contribution in [0.1, 0.15) is 6.92 Å². The molecule has 0 aromatic carbocycles. The molecule has 1 aliphatic heterocycles. The Morgan fingerprint density at radius 1 is 1.83 bits per heavy atom. The number of methoxy groups -OCH3 is 1. The number of esters is 1. The second-order valence-electron chi connectivity index (χ2n) is 2.57. The van der Waals surface area contributed by atoms with E-state index in [-0.39, 0.29) is 24.3 Å². The first-order valence-corrected chi connectivity index (χ1v) is 3.63. The normalized spacial score (nSPS) is 27.8. The number of aliphatic hydroxyl groups is 1. The van der Waals surface area contributed by atoms with E-state index >= 15 is 0 Å². The highest BCUT2D eigenvalue weighted by Crippen LogP contribution is 2.18. The third-order valence-electron chi connectivity index (χ3n) is 1.83. The van der Waals surface area contributed by atoms with Crippen molar-refractivity contribution in [3.05, 3.63) is 0 Å². The first-order valence-electron chi connectivity index (χ1n) is 3.63. The van der Waals surface area contributed by atoms with E-state index in [0.29, 0.717) is 0 Å². The fraction of sp³-hybridized carbons (Fsp3) is 0.714. The van der Waals surface area contributed by atoms with E-state index in [1.807, 2.05) is 0 Å². The van der Waals surface area contributed by atoms with E-state index in [0.717, 1.165) is 0 Å². The van der Waals surface area contributed by atoms with Gasteiger partial charge in [0.25, 0.3) is 0 Å². The molecule has 0 saturated carbocycles. The molecule has 68 valence electrons. The quantitative estimate of drug-likeness (QED) is 0.574. The van der Waals surface area contributed by atoms with Crippen molar-refractivity contribution in [3.63, 3.8) is 0 Å². The summed E-state index contributed by atoms with van der Waals surface area (Å²) >= 11 is 0. The Morgan fingerprint density at radius 3 is 3.00 bits per heavy atom. The minimum absolute atomic E-state index is 0.158. The third-order valence-corrected chi connectivity index (χ3v) is 1.83. The average molecular weight is 173 g/mol. The molecule has 1 heterocycles. The first kappa shape index (κ1) is 8.99. The van der Waals surface area contributed by atoms with Crippen LogP contribution in [-0.2, 0) is 14.4 Å². The first-order chi connectivity index (χ1) is 5.70. The number of rotatable bonds is 2. The summed E-state index contributed by atoms with van der Waals surface area (Å²) in [6.07, 6.45) is -0.260.